The Bertz CT molecular complexity index is 694. The molecule has 1 aliphatic carbocycles. The summed E-state index contributed by atoms with van der Waals surface area (Å²) >= 11 is 0. The Morgan fingerprint density at radius 1 is 1.13 bits per heavy atom. The molecule has 4 nitrogen and oxygen atoms in total. The standard InChI is InChI=1S/C25H41NO3Si/c1-25(2,3)30(4,5)29-18-21-16-26(17-22(21)19-12-8-6-9-13-19)23(24(27)28)20-14-10-7-11-15-20/h6,8-9,12-13,20-23H,7,10-11,14-18H2,1-5H3,(H,27,28). The summed E-state index contributed by atoms with van der Waals surface area (Å²) in [5, 5.41) is 10.3. The number of rotatable bonds is 7. The Morgan fingerprint density at radius 2 is 1.77 bits per heavy atom. The first kappa shape index (κ1) is 23.5. The van der Waals surface area contributed by atoms with E-state index in [4.69, 9.17) is 4.43 Å². The lowest BCUT2D eigenvalue weighted by molar-refractivity contribution is -0.145. The van der Waals surface area contributed by atoms with Crippen LogP contribution in [0.5, 0.6) is 0 Å². The minimum atomic E-state index is -1.84. The molecule has 1 saturated heterocycles. The van der Waals surface area contributed by atoms with Gasteiger partial charge in [0.2, 0.25) is 0 Å². The smallest absolute Gasteiger partial charge is 0.321 e. The van der Waals surface area contributed by atoms with Gasteiger partial charge >= 0.3 is 5.97 Å². The van der Waals surface area contributed by atoms with Gasteiger partial charge in [0, 0.05) is 31.5 Å². The van der Waals surface area contributed by atoms with Crippen molar-refractivity contribution in [2.75, 3.05) is 19.7 Å². The molecule has 0 amide bonds. The summed E-state index contributed by atoms with van der Waals surface area (Å²) in [4.78, 5) is 14.6. The van der Waals surface area contributed by atoms with Crippen molar-refractivity contribution in [1.29, 1.82) is 0 Å². The second kappa shape index (κ2) is 9.54. The Labute approximate surface area is 184 Å². The first-order valence-corrected chi connectivity index (χ1v) is 14.7. The molecule has 1 aromatic carbocycles. The van der Waals surface area contributed by atoms with E-state index in [1.54, 1.807) is 0 Å². The van der Waals surface area contributed by atoms with Gasteiger partial charge in [0.05, 0.1) is 0 Å². The van der Waals surface area contributed by atoms with Crippen LogP contribution >= 0.6 is 0 Å². The summed E-state index contributed by atoms with van der Waals surface area (Å²) in [6.07, 6.45) is 5.69. The van der Waals surface area contributed by atoms with Crippen molar-refractivity contribution in [1.82, 2.24) is 4.90 Å². The minimum absolute atomic E-state index is 0.180. The van der Waals surface area contributed by atoms with E-state index in [1.807, 2.05) is 0 Å². The summed E-state index contributed by atoms with van der Waals surface area (Å²) in [6.45, 7) is 13.8. The zero-order chi connectivity index (χ0) is 21.9. The van der Waals surface area contributed by atoms with E-state index in [0.717, 1.165) is 32.5 Å². The van der Waals surface area contributed by atoms with E-state index < -0.39 is 14.3 Å². The van der Waals surface area contributed by atoms with Crippen LogP contribution in [0.1, 0.15) is 64.4 Å². The van der Waals surface area contributed by atoms with E-state index in [2.05, 4.69) is 69.1 Å². The van der Waals surface area contributed by atoms with Crippen LogP contribution in [0.4, 0.5) is 0 Å². The minimum Gasteiger partial charge on any atom is -0.480 e. The first-order chi connectivity index (χ1) is 14.1. The molecule has 3 atom stereocenters. The van der Waals surface area contributed by atoms with E-state index in [9.17, 15) is 9.90 Å². The van der Waals surface area contributed by atoms with E-state index in [1.165, 1.54) is 24.8 Å². The highest BCUT2D eigenvalue weighted by Gasteiger charge is 2.44. The lowest BCUT2D eigenvalue weighted by atomic mass is 9.83. The van der Waals surface area contributed by atoms with Gasteiger partial charge in [-0.15, -0.1) is 0 Å². The van der Waals surface area contributed by atoms with Gasteiger partial charge in [0.15, 0.2) is 8.32 Å². The normalized spacial score (nSPS) is 25.4. The van der Waals surface area contributed by atoms with Crippen LogP contribution < -0.4 is 0 Å². The largest absolute Gasteiger partial charge is 0.480 e. The van der Waals surface area contributed by atoms with Crippen molar-refractivity contribution in [3.05, 3.63) is 35.9 Å². The molecule has 168 valence electrons. The van der Waals surface area contributed by atoms with E-state index in [-0.39, 0.29) is 17.0 Å². The van der Waals surface area contributed by atoms with Crippen molar-refractivity contribution in [3.8, 4) is 0 Å². The van der Waals surface area contributed by atoms with Gasteiger partial charge in [0.1, 0.15) is 6.04 Å². The molecule has 5 heteroatoms. The summed E-state index contributed by atoms with van der Waals surface area (Å²) < 4.78 is 6.63. The number of nitrogens with zero attached hydrogens (tertiary/aromatic N) is 1. The highest BCUT2D eigenvalue weighted by Crippen LogP contribution is 2.41. The number of benzene rings is 1. The van der Waals surface area contributed by atoms with Crippen LogP contribution in [0.25, 0.3) is 0 Å². The lowest BCUT2D eigenvalue weighted by Crippen LogP contribution is -2.46. The van der Waals surface area contributed by atoms with Crippen LogP contribution in [-0.4, -0.2) is 50.0 Å². The summed E-state index contributed by atoms with van der Waals surface area (Å²) in [6, 6.07) is 10.3. The second-order valence-electron chi connectivity index (χ2n) is 11.0. The Hall–Kier alpha value is -1.17. The molecule has 1 aliphatic heterocycles. The first-order valence-electron chi connectivity index (χ1n) is 11.8. The SMILES string of the molecule is CC(C)(C)[Si](C)(C)OCC1CN(C(C(=O)O)C2CCCCC2)CC1c1ccccc1. The van der Waals surface area contributed by atoms with Crippen LogP contribution in [-0.2, 0) is 9.22 Å². The van der Waals surface area contributed by atoms with Crippen LogP contribution in [0.15, 0.2) is 30.3 Å². The number of hydrogen-bond acceptors (Lipinski definition) is 3. The van der Waals surface area contributed by atoms with Crippen molar-refractivity contribution in [2.24, 2.45) is 11.8 Å². The number of carboxylic acid groups (broad SMARTS) is 1. The molecule has 0 bridgehead atoms. The molecule has 1 heterocycles. The molecule has 1 saturated carbocycles. The van der Waals surface area contributed by atoms with Gasteiger partial charge in [-0.25, -0.2) is 0 Å². The molecule has 3 unspecified atom stereocenters. The number of carbonyl (C=O) groups is 1. The summed E-state index contributed by atoms with van der Waals surface area (Å²) in [7, 11) is -1.84. The molecule has 2 aliphatic rings. The van der Waals surface area contributed by atoms with Crippen LogP contribution in [0.2, 0.25) is 18.1 Å². The number of likely N-dealkylation sites (tertiary alicyclic amines) is 1. The van der Waals surface area contributed by atoms with Gasteiger partial charge in [-0.2, -0.15) is 0 Å². The molecule has 0 aromatic heterocycles. The molecule has 0 radical (unpaired) electrons. The number of hydrogen-bond donors (Lipinski definition) is 1. The number of carboxylic acids is 1. The quantitative estimate of drug-likeness (QED) is 0.558. The third-order valence-electron chi connectivity index (χ3n) is 7.90. The van der Waals surface area contributed by atoms with Gasteiger partial charge in [-0.1, -0.05) is 70.4 Å². The van der Waals surface area contributed by atoms with Crippen LogP contribution in [0.3, 0.4) is 0 Å². The Kier molecular flexibility index (Phi) is 7.47. The number of aliphatic carboxylic acids is 1. The monoisotopic (exact) mass is 431 g/mol. The fourth-order valence-corrected chi connectivity index (χ4v) is 6.08. The topological polar surface area (TPSA) is 49.8 Å². The third-order valence-corrected chi connectivity index (χ3v) is 12.4. The van der Waals surface area contributed by atoms with Crippen LogP contribution in [0, 0.1) is 11.8 Å². The van der Waals surface area contributed by atoms with E-state index in [0.29, 0.717) is 11.8 Å². The predicted octanol–water partition coefficient (Wildman–Crippen LogP) is 5.76. The maximum Gasteiger partial charge on any atom is 0.321 e. The molecule has 2 fully saturated rings. The lowest BCUT2D eigenvalue weighted by Gasteiger charge is -2.37. The highest BCUT2D eigenvalue weighted by molar-refractivity contribution is 6.74. The highest BCUT2D eigenvalue weighted by atomic mass is 28.4. The average molecular weight is 432 g/mol. The fourth-order valence-electron chi connectivity index (χ4n) is 5.02. The molecular weight excluding hydrogens is 390 g/mol. The van der Waals surface area contributed by atoms with Gasteiger partial charge in [-0.3, -0.25) is 9.69 Å². The zero-order valence-electron chi connectivity index (χ0n) is 19.6. The second-order valence-corrected chi connectivity index (χ2v) is 15.8. The van der Waals surface area contributed by atoms with Crippen molar-refractivity contribution in [2.45, 2.75) is 83.0 Å². The van der Waals surface area contributed by atoms with E-state index >= 15 is 0 Å². The Balaban J connectivity index is 1.80. The van der Waals surface area contributed by atoms with Crippen molar-refractivity contribution >= 4 is 14.3 Å². The van der Waals surface area contributed by atoms with Gasteiger partial charge in [0.25, 0.3) is 0 Å². The predicted molar refractivity (Wildman–Crippen MR) is 125 cm³/mol. The molecular formula is C25H41NO3Si. The van der Waals surface area contributed by atoms with Crippen molar-refractivity contribution in [3.63, 3.8) is 0 Å². The summed E-state index contributed by atoms with van der Waals surface area (Å²) in [5.41, 5.74) is 1.32. The van der Waals surface area contributed by atoms with Gasteiger partial charge in [-0.05, 0) is 42.5 Å². The molecule has 1 N–H and O–H groups in total. The third kappa shape index (κ3) is 5.35. The summed E-state index contributed by atoms with van der Waals surface area (Å²) in [5.74, 6) is 0.320. The molecule has 30 heavy (non-hydrogen) atoms. The Morgan fingerprint density at radius 3 is 2.33 bits per heavy atom. The molecule has 3 rings (SSSR count). The zero-order valence-corrected chi connectivity index (χ0v) is 20.6. The van der Waals surface area contributed by atoms with Crippen molar-refractivity contribution < 1.29 is 14.3 Å². The maximum atomic E-state index is 12.3. The molecule has 0 spiro atoms. The average Bonchev–Trinajstić information content (AvgIpc) is 3.10. The molecule has 1 aromatic rings. The fraction of sp³-hybridized carbons (Fsp3) is 0.720. The maximum absolute atomic E-state index is 12.3. The van der Waals surface area contributed by atoms with Gasteiger partial charge < -0.3 is 9.53 Å².